The molecule has 0 bridgehead atoms. The van der Waals surface area contributed by atoms with Gasteiger partial charge >= 0.3 is 5.97 Å². The SMILES string of the molecule is CCCC/C=C\C/C=C\CCCCCCCC(=O)OCCCCCCCCCCCC(=O)NC(CO)C(O)CCCCCCCCCCCCCCCCCCCCCCCCC. The first-order valence-corrected chi connectivity index (χ1v) is 28.1. The zero-order valence-corrected chi connectivity index (χ0v) is 42.3. The maximum absolute atomic E-state index is 12.5. The summed E-state index contributed by atoms with van der Waals surface area (Å²) >= 11 is 0. The monoisotopic (exact) mass is 888 g/mol. The van der Waals surface area contributed by atoms with Crippen LogP contribution < -0.4 is 5.32 Å². The molecule has 3 N–H and O–H groups in total. The van der Waals surface area contributed by atoms with E-state index in [1.54, 1.807) is 0 Å². The van der Waals surface area contributed by atoms with Gasteiger partial charge in [-0.3, -0.25) is 9.59 Å². The number of ether oxygens (including phenoxy) is 1. The van der Waals surface area contributed by atoms with E-state index in [0.717, 1.165) is 70.6 Å². The van der Waals surface area contributed by atoms with Crippen LogP contribution >= 0.6 is 0 Å². The van der Waals surface area contributed by atoms with Gasteiger partial charge < -0.3 is 20.3 Å². The molecule has 0 aromatic carbocycles. The fourth-order valence-electron chi connectivity index (χ4n) is 8.66. The smallest absolute Gasteiger partial charge is 0.305 e. The van der Waals surface area contributed by atoms with E-state index in [1.165, 1.54) is 199 Å². The number of hydrogen-bond acceptors (Lipinski definition) is 5. The molecule has 0 saturated carbocycles. The van der Waals surface area contributed by atoms with Crippen LogP contribution in [0.25, 0.3) is 0 Å². The van der Waals surface area contributed by atoms with Gasteiger partial charge in [0.2, 0.25) is 5.91 Å². The van der Waals surface area contributed by atoms with Gasteiger partial charge in [0.15, 0.2) is 0 Å². The molecule has 372 valence electrons. The number of aliphatic hydroxyl groups is 2. The van der Waals surface area contributed by atoms with E-state index in [-0.39, 0.29) is 18.5 Å². The molecule has 0 fully saturated rings. The molecule has 0 spiro atoms. The second kappa shape index (κ2) is 53.0. The highest BCUT2D eigenvalue weighted by atomic mass is 16.5. The Balaban J connectivity index is 3.48. The van der Waals surface area contributed by atoms with Crippen LogP contribution in [0, 0.1) is 0 Å². The zero-order chi connectivity index (χ0) is 45.8. The van der Waals surface area contributed by atoms with Crippen LogP contribution in [-0.4, -0.2) is 47.4 Å². The van der Waals surface area contributed by atoms with Crippen molar-refractivity contribution in [2.45, 2.75) is 315 Å². The summed E-state index contributed by atoms with van der Waals surface area (Å²) < 4.78 is 5.44. The minimum Gasteiger partial charge on any atom is -0.466 e. The van der Waals surface area contributed by atoms with Crippen molar-refractivity contribution in [1.29, 1.82) is 0 Å². The van der Waals surface area contributed by atoms with Crippen LogP contribution in [0.4, 0.5) is 0 Å². The molecule has 0 saturated heterocycles. The molecule has 1 amide bonds. The number of esters is 1. The Labute approximate surface area is 392 Å². The van der Waals surface area contributed by atoms with Crippen LogP contribution in [0.1, 0.15) is 303 Å². The van der Waals surface area contributed by atoms with Crippen molar-refractivity contribution in [2.75, 3.05) is 13.2 Å². The van der Waals surface area contributed by atoms with Gasteiger partial charge in [0.1, 0.15) is 0 Å². The summed E-state index contributed by atoms with van der Waals surface area (Å²) in [5.74, 6) is -0.0999. The Morgan fingerprint density at radius 2 is 0.810 bits per heavy atom. The normalized spacial score (nSPS) is 12.8. The molecule has 0 rings (SSSR count). The van der Waals surface area contributed by atoms with Gasteiger partial charge in [0.25, 0.3) is 0 Å². The molecular weight excluding hydrogens is 779 g/mol. The van der Waals surface area contributed by atoms with E-state index < -0.39 is 12.1 Å². The Bertz CT molecular complexity index is 982. The van der Waals surface area contributed by atoms with Gasteiger partial charge in [0, 0.05) is 12.8 Å². The molecule has 6 heteroatoms. The largest absolute Gasteiger partial charge is 0.466 e. The van der Waals surface area contributed by atoms with E-state index >= 15 is 0 Å². The third kappa shape index (κ3) is 49.6. The zero-order valence-electron chi connectivity index (χ0n) is 42.3. The number of aliphatic hydroxyl groups excluding tert-OH is 2. The lowest BCUT2D eigenvalue weighted by Gasteiger charge is -2.22. The van der Waals surface area contributed by atoms with Crippen molar-refractivity contribution < 1.29 is 24.5 Å². The maximum Gasteiger partial charge on any atom is 0.305 e. The average Bonchev–Trinajstić information content (AvgIpc) is 3.28. The number of nitrogens with one attached hydrogen (secondary N) is 1. The van der Waals surface area contributed by atoms with Gasteiger partial charge in [0.05, 0.1) is 25.4 Å². The van der Waals surface area contributed by atoms with Crippen molar-refractivity contribution >= 4 is 11.9 Å². The lowest BCUT2D eigenvalue weighted by Crippen LogP contribution is -2.45. The number of amides is 1. The molecule has 0 aliphatic rings. The maximum atomic E-state index is 12.5. The van der Waals surface area contributed by atoms with Crippen LogP contribution in [0.15, 0.2) is 24.3 Å². The van der Waals surface area contributed by atoms with Gasteiger partial charge in [-0.25, -0.2) is 0 Å². The second-order valence-corrected chi connectivity index (χ2v) is 19.3. The van der Waals surface area contributed by atoms with E-state index in [1.807, 2.05) is 0 Å². The van der Waals surface area contributed by atoms with E-state index in [4.69, 9.17) is 4.74 Å². The van der Waals surface area contributed by atoms with Crippen molar-refractivity contribution in [2.24, 2.45) is 0 Å². The molecule has 2 atom stereocenters. The van der Waals surface area contributed by atoms with Crippen LogP contribution in [-0.2, 0) is 14.3 Å². The predicted molar refractivity (Wildman–Crippen MR) is 273 cm³/mol. The average molecular weight is 889 g/mol. The number of carbonyl (C=O) groups is 2. The first-order chi connectivity index (χ1) is 31.0. The fourth-order valence-corrected chi connectivity index (χ4v) is 8.66. The highest BCUT2D eigenvalue weighted by Crippen LogP contribution is 2.17. The third-order valence-corrected chi connectivity index (χ3v) is 13.0. The van der Waals surface area contributed by atoms with Crippen molar-refractivity contribution in [1.82, 2.24) is 5.32 Å². The molecule has 0 aromatic heterocycles. The fraction of sp³-hybridized carbons (Fsp3) is 0.895. The molecule has 0 radical (unpaired) electrons. The lowest BCUT2D eigenvalue weighted by atomic mass is 10.0. The Hall–Kier alpha value is -1.66. The molecule has 0 heterocycles. The molecule has 6 nitrogen and oxygen atoms in total. The summed E-state index contributed by atoms with van der Waals surface area (Å²) in [4.78, 5) is 24.5. The van der Waals surface area contributed by atoms with Gasteiger partial charge in [-0.1, -0.05) is 263 Å². The Kier molecular flexibility index (Phi) is 51.6. The van der Waals surface area contributed by atoms with E-state index in [2.05, 4.69) is 43.5 Å². The first kappa shape index (κ1) is 61.3. The minimum atomic E-state index is -0.684. The van der Waals surface area contributed by atoms with Crippen LogP contribution in [0.3, 0.4) is 0 Å². The topological polar surface area (TPSA) is 95.9 Å². The third-order valence-electron chi connectivity index (χ3n) is 13.0. The summed E-state index contributed by atoms with van der Waals surface area (Å²) in [7, 11) is 0. The second-order valence-electron chi connectivity index (χ2n) is 19.3. The highest BCUT2D eigenvalue weighted by molar-refractivity contribution is 5.76. The summed E-state index contributed by atoms with van der Waals surface area (Å²) in [6.45, 7) is 4.86. The van der Waals surface area contributed by atoms with Gasteiger partial charge in [-0.05, 0) is 51.4 Å². The number of unbranched alkanes of at least 4 members (excludes halogenated alkanes) is 37. The predicted octanol–water partition coefficient (Wildman–Crippen LogP) is 17.1. The summed E-state index contributed by atoms with van der Waals surface area (Å²) in [6.07, 6.45) is 63.0. The number of allylic oxidation sites excluding steroid dienone is 4. The molecule has 0 aliphatic heterocycles. The van der Waals surface area contributed by atoms with E-state index in [9.17, 15) is 19.8 Å². The van der Waals surface area contributed by atoms with Crippen molar-refractivity contribution in [3.63, 3.8) is 0 Å². The van der Waals surface area contributed by atoms with Gasteiger partial charge in [-0.15, -0.1) is 0 Å². The van der Waals surface area contributed by atoms with Crippen molar-refractivity contribution in [3.8, 4) is 0 Å². The molecule has 0 aliphatic carbocycles. The van der Waals surface area contributed by atoms with Crippen LogP contribution in [0.5, 0.6) is 0 Å². The molecule has 2 unspecified atom stereocenters. The molecule has 63 heavy (non-hydrogen) atoms. The quantitative estimate of drug-likeness (QED) is 0.0321. The summed E-state index contributed by atoms with van der Waals surface area (Å²) in [6, 6.07) is -0.563. The highest BCUT2D eigenvalue weighted by Gasteiger charge is 2.20. The summed E-state index contributed by atoms with van der Waals surface area (Å²) in [5.41, 5.74) is 0. The Morgan fingerprint density at radius 3 is 1.25 bits per heavy atom. The molecule has 0 aromatic rings. The number of hydrogen-bond donors (Lipinski definition) is 3. The summed E-state index contributed by atoms with van der Waals surface area (Å²) in [5, 5.41) is 23.3. The number of carbonyl (C=O) groups excluding carboxylic acids is 2. The van der Waals surface area contributed by atoms with Crippen molar-refractivity contribution in [3.05, 3.63) is 24.3 Å². The van der Waals surface area contributed by atoms with Gasteiger partial charge in [-0.2, -0.15) is 0 Å². The van der Waals surface area contributed by atoms with Crippen LogP contribution in [0.2, 0.25) is 0 Å². The standard InChI is InChI=1S/C57H109NO5/c1-3-5-7-9-11-13-15-17-19-20-21-22-23-24-25-26-27-28-30-33-37-41-45-49-55(60)54(53-59)58-56(61)50-46-42-38-34-32-36-40-44-48-52-63-57(62)51-47-43-39-35-31-29-18-16-14-12-10-8-6-4-2/h10,12,16,18,54-55,59-60H,3-9,11,13-15,17,19-53H2,1-2H3,(H,58,61)/b12-10-,18-16-. The lowest BCUT2D eigenvalue weighted by molar-refractivity contribution is -0.143. The molecular formula is C57H109NO5. The first-order valence-electron chi connectivity index (χ1n) is 28.1. The van der Waals surface area contributed by atoms with E-state index in [0.29, 0.717) is 25.9 Å². The number of rotatable bonds is 52. The minimum absolute atomic E-state index is 0.0387. The Morgan fingerprint density at radius 1 is 0.444 bits per heavy atom.